The topological polar surface area (TPSA) is 86.1 Å². The second-order valence-corrected chi connectivity index (χ2v) is 7.37. The molecule has 7 nitrogen and oxygen atoms in total. The monoisotopic (exact) mass is 406 g/mol. The number of ether oxygens (including phenoxy) is 1. The van der Waals surface area contributed by atoms with E-state index in [2.05, 4.69) is 15.4 Å². The van der Waals surface area contributed by atoms with Crippen molar-refractivity contribution in [3.05, 3.63) is 69.3 Å². The van der Waals surface area contributed by atoms with Gasteiger partial charge >= 0.3 is 0 Å². The number of nitrogens with zero attached hydrogens (tertiary/aromatic N) is 3. The first-order valence-corrected chi connectivity index (χ1v) is 9.74. The number of methoxy groups -OCH3 is 1. The van der Waals surface area contributed by atoms with E-state index in [1.807, 2.05) is 36.6 Å². The lowest BCUT2D eigenvalue weighted by molar-refractivity contribution is 0.101. The summed E-state index contributed by atoms with van der Waals surface area (Å²) in [5.41, 5.74) is 2.68. The highest BCUT2D eigenvalue weighted by atomic mass is 32.1. The van der Waals surface area contributed by atoms with E-state index < -0.39 is 11.3 Å². The molecule has 2 aromatic carbocycles. The molecule has 0 fully saturated rings. The molecule has 0 radical (unpaired) electrons. The second-order valence-electron chi connectivity index (χ2n) is 6.51. The molecule has 4 rings (SSSR count). The van der Waals surface area contributed by atoms with Crippen LogP contribution in [0, 0.1) is 6.92 Å². The third-order valence-electron chi connectivity index (χ3n) is 4.53. The number of hydrogen-bond acceptors (Lipinski definition) is 6. The van der Waals surface area contributed by atoms with Crippen LogP contribution >= 0.6 is 11.3 Å². The van der Waals surface area contributed by atoms with Crippen LogP contribution in [0.5, 0.6) is 5.75 Å². The number of hydrogen-bond donors (Lipinski definition) is 1. The van der Waals surface area contributed by atoms with Crippen molar-refractivity contribution < 1.29 is 9.53 Å². The molecule has 0 saturated heterocycles. The van der Waals surface area contributed by atoms with Gasteiger partial charge in [0.15, 0.2) is 10.8 Å². The summed E-state index contributed by atoms with van der Waals surface area (Å²) in [6, 6.07) is 12.9. The Morgan fingerprint density at radius 1 is 1.21 bits per heavy atom. The van der Waals surface area contributed by atoms with E-state index in [0.29, 0.717) is 27.5 Å². The highest BCUT2D eigenvalue weighted by Crippen LogP contribution is 2.33. The van der Waals surface area contributed by atoms with Gasteiger partial charge in [-0.3, -0.25) is 19.6 Å². The molecule has 0 atom stereocenters. The van der Waals surface area contributed by atoms with Crippen molar-refractivity contribution in [2.24, 2.45) is 7.05 Å². The van der Waals surface area contributed by atoms with Crippen molar-refractivity contribution in [2.75, 3.05) is 12.4 Å². The maximum atomic E-state index is 12.7. The van der Waals surface area contributed by atoms with Crippen molar-refractivity contribution in [3.8, 4) is 17.0 Å². The average molecular weight is 406 g/mol. The quantitative estimate of drug-likeness (QED) is 0.559. The fraction of sp³-hybridized carbons (Fsp3) is 0.143. The number of aromatic nitrogens is 3. The Bertz CT molecular complexity index is 1290. The van der Waals surface area contributed by atoms with Crippen molar-refractivity contribution in [2.45, 2.75) is 6.92 Å². The summed E-state index contributed by atoms with van der Waals surface area (Å²) in [6.07, 6.45) is 0. The predicted octanol–water partition coefficient (Wildman–Crippen LogP) is 3.63. The van der Waals surface area contributed by atoms with Crippen LogP contribution in [0.25, 0.3) is 22.2 Å². The van der Waals surface area contributed by atoms with Gasteiger partial charge in [-0.1, -0.05) is 23.8 Å². The van der Waals surface area contributed by atoms with Gasteiger partial charge in [0.1, 0.15) is 5.75 Å². The molecule has 0 aliphatic heterocycles. The van der Waals surface area contributed by atoms with Crippen LogP contribution in [0.4, 0.5) is 5.13 Å². The molecule has 8 heteroatoms. The zero-order valence-corrected chi connectivity index (χ0v) is 16.9. The van der Waals surface area contributed by atoms with Crippen LogP contribution in [0.3, 0.4) is 0 Å². The molecule has 146 valence electrons. The van der Waals surface area contributed by atoms with E-state index in [-0.39, 0.29) is 5.69 Å². The van der Waals surface area contributed by atoms with E-state index in [1.165, 1.54) is 16.0 Å². The average Bonchev–Trinajstić information content (AvgIpc) is 3.19. The predicted molar refractivity (Wildman–Crippen MR) is 114 cm³/mol. The van der Waals surface area contributed by atoms with Gasteiger partial charge in [-0.25, -0.2) is 4.98 Å². The van der Waals surface area contributed by atoms with Crippen LogP contribution in [0.2, 0.25) is 0 Å². The lowest BCUT2D eigenvalue weighted by Gasteiger charge is -2.08. The van der Waals surface area contributed by atoms with Gasteiger partial charge in [-0.2, -0.15) is 5.10 Å². The number of carbonyl (C=O) groups is 1. The number of aryl methyl sites for hydroxylation is 2. The summed E-state index contributed by atoms with van der Waals surface area (Å²) in [4.78, 5) is 29.9. The van der Waals surface area contributed by atoms with E-state index in [0.717, 1.165) is 11.1 Å². The van der Waals surface area contributed by atoms with Crippen molar-refractivity contribution in [1.82, 2.24) is 14.8 Å². The zero-order valence-electron chi connectivity index (χ0n) is 16.1. The van der Waals surface area contributed by atoms with Gasteiger partial charge in [0, 0.05) is 23.4 Å². The number of benzene rings is 2. The van der Waals surface area contributed by atoms with Gasteiger partial charge < -0.3 is 4.74 Å². The van der Waals surface area contributed by atoms with Gasteiger partial charge in [0.05, 0.1) is 18.3 Å². The molecule has 0 spiro atoms. The molecular weight excluding hydrogens is 388 g/mol. The van der Waals surface area contributed by atoms with Crippen molar-refractivity contribution in [3.63, 3.8) is 0 Å². The van der Waals surface area contributed by atoms with Crippen LogP contribution in [0.1, 0.15) is 16.1 Å². The summed E-state index contributed by atoms with van der Waals surface area (Å²) in [5.74, 6) is 0.109. The van der Waals surface area contributed by atoms with Crippen LogP contribution < -0.4 is 15.5 Å². The summed E-state index contributed by atoms with van der Waals surface area (Å²) < 4.78 is 6.93. The standard InChI is InChI=1S/C21H18N4O3S/c1-12-8-9-17(28-3)14(10-12)15-11-29-21(22-15)23-20(27)18-19(26)13-6-4-5-7-16(13)25(2)24-18/h4-11H,1-3H3,(H,22,23,27). The van der Waals surface area contributed by atoms with Crippen molar-refractivity contribution in [1.29, 1.82) is 0 Å². The highest BCUT2D eigenvalue weighted by Gasteiger charge is 2.18. The Balaban J connectivity index is 1.66. The molecule has 1 N–H and O–H groups in total. The number of thiazole rings is 1. The van der Waals surface area contributed by atoms with Gasteiger partial charge in [-0.15, -0.1) is 11.3 Å². The molecule has 1 amide bonds. The number of nitrogens with one attached hydrogen (secondary N) is 1. The minimum Gasteiger partial charge on any atom is -0.496 e. The number of rotatable bonds is 4. The molecule has 0 aliphatic rings. The Morgan fingerprint density at radius 3 is 2.79 bits per heavy atom. The molecule has 0 aliphatic carbocycles. The van der Waals surface area contributed by atoms with E-state index in [4.69, 9.17) is 4.74 Å². The van der Waals surface area contributed by atoms with Gasteiger partial charge in [-0.05, 0) is 31.2 Å². The minimum absolute atomic E-state index is 0.170. The number of para-hydroxylation sites is 1. The summed E-state index contributed by atoms with van der Waals surface area (Å²) in [6.45, 7) is 1.99. The normalized spacial score (nSPS) is 10.9. The molecule has 0 bridgehead atoms. The van der Waals surface area contributed by atoms with Gasteiger partial charge in [0.2, 0.25) is 5.43 Å². The molecule has 2 heterocycles. The Labute approximate surface area is 170 Å². The number of fused-ring (bicyclic) bond motifs is 1. The van der Waals surface area contributed by atoms with Crippen LogP contribution in [-0.4, -0.2) is 27.8 Å². The summed E-state index contributed by atoms with van der Waals surface area (Å²) >= 11 is 1.27. The summed E-state index contributed by atoms with van der Waals surface area (Å²) in [7, 11) is 3.30. The third kappa shape index (κ3) is 3.50. The van der Waals surface area contributed by atoms with Crippen LogP contribution in [0.15, 0.2) is 52.6 Å². The van der Waals surface area contributed by atoms with Crippen LogP contribution in [-0.2, 0) is 7.05 Å². The minimum atomic E-state index is -0.589. The lowest BCUT2D eigenvalue weighted by atomic mass is 10.1. The Hall–Kier alpha value is -3.52. The van der Waals surface area contributed by atoms with Crippen molar-refractivity contribution >= 4 is 33.3 Å². The van der Waals surface area contributed by atoms with E-state index >= 15 is 0 Å². The number of amides is 1. The third-order valence-corrected chi connectivity index (χ3v) is 5.29. The fourth-order valence-corrected chi connectivity index (χ4v) is 3.81. The molecule has 2 aromatic heterocycles. The van der Waals surface area contributed by atoms with E-state index in [9.17, 15) is 9.59 Å². The molecule has 4 aromatic rings. The first-order valence-electron chi connectivity index (χ1n) is 8.86. The Kier molecular flexibility index (Phi) is 4.85. The number of anilines is 1. The van der Waals surface area contributed by atoms with Gasteiger partial charge in [0.25, 0.3) is 5.91 Å². The fourth-order valence-electron chi connectivity index (χ4n) is 3.11. The highest BCUT2D eigenvalue weighted by molar-refractivity contribution is 7.14. The molecule has 0 saturated carbocycles. The summed E-state index contributed by atoms with van der Waals surface area (Å²) in [5, 5.41) is 9.49. The Morgan fingerprint density at radius 2 is 2.00 bits per heavy atom. The zero-order chi connectivity index (χ0) is 20.5. The first-order chi connectivity index (χ1) is 14.0. The molecular formula is C21H18N4O3S. The molecule has 29 heavy (non-hydrogen) atoms. The first kappa shape index (κ1) is 18.8. The number of carbonyl (C=O) groups excluding carboxylic acids is 1. The second kappa shape index (κ2) is 7.48. The SMILES string of the molecule is COc1ccc(C)cc1-c1csc(NC(=O)c2nn(C)c3ccccc3c2=O)n1. The lowest BCUT2D eigenvalue weighted by Crippen LogP contribution is -2.26. The van der Waals surface area contributed by atoms with E-state index in [1.54, 1.807) is 32.4 Å². The smallest absolute Gasteiger partial charge is 0.281 e. The maximum Gasteiger partial charge on any atom is 0.281 e. The largest absolute Gasteiger partial charge is 0.496 e. The maximum absolute atomic E-state index is 12.7. The molecule has 0 unspecified atom stereocenters.